The molecule has 0 amide bonds. The van der Waals surface area contributed by atoms with Crippen molar-refractivity contribution in [3.63, 3.8) is 0 Å². The third kappa shape index (κ3) is 1.37. The Morgan fingerprint density at radius 1 is 0.818 bits per heavy atom. The minimum absolute atomic E-state index is 0.164. The fourth-order valence-corrected chi connectivity index (χ4v) is 2.16. The third-order valence-corrected chi connectivity index (χ3v) is 3.06. The van der Waals surface area contributed by atoms with Gasteiger partial charge in [-0.15, -0.1) is 10.2 Å². The van der Waals surface area contributed by atoms with E-state index >= 15 is 0 Å². The van der Waals surface area contributed by atoms with Crippen molar-refractivity contribution in [2.45, 2.75) is 0 Å². The minimum Gasteiger partial charge on any atom is -0.258 e. The predicted octanol–water partition coefficient (Wildman–Crippen LogP) is -0.468. The molecule has 1 aromatic carbocycles. The van der Waals surface area contributed by atoms with Crippen LogP contribution in [0.2, 0.25) is 0 Å². The van der Waals surface area contributed by atoms with Crippen molar-refractivity contribution in [1.29, 1.82) is 0 Å². The lowest BCUT2D eigenvalue weighted by Gasteiger charge is -2.02. The quantitative estimate of drug-likeness (QED) is 0.348. The summed E-state index contributed by atoms with van der Waals surface area (Å²) in [4.78, 5) is 20.4. The van der Waals surface area contributed by atoms with E-state index in [1.54, 1.807) is 0 Å². The van der Waals surface area contributed by atoms with Crippen molar-refractivity contribution in [3.8, 4) is 0 Å². The number of tetrazole rings is 2. The minimum atomic E-state index is -0.850. The van der Waals surface area contributed by atoms with Crippen LogP contribution in [0, 0.1) is 20.2 Å². The first kappa shape index (κ1) is 11.9. The van der Waals surface area contributed by atoms with E-state index in [0.29, 0.717) is 0 Å². The zero-order valence-electron chi connectivity index (χ0n) is 10.3. The van der Waals surface area contributed by atoms with E-state index < -0.39 is 21.2 Å². The Labute approximate surface area is 117 Å². The Bertz CT molecular complexity index is 1010. The molecule has 14 heteroatoms. The molecule has 0 saturated carbocycles. The molecule has 22 heavy (non-hydrogen) atoms. The summed E-state index contributed by atoms with van der Waals surface area (Å²) in [5, 5.41) is 43.9. The lowest BCUT2D eigenvalue weighted by Crippen LogP contribution is -2.03. The zero-order valence-corrected chi connectivity index (χ0v) is 10.3. The van der Waals surface area contributed by atoms with Crippen LogP contribution in [0.15, 0.2) is 12.1 Å². The number of hydrogen-bond acceptors (Lipinski definition) is 10. The standard InChI is InChI=1S/C8H2N10O4/c19-17(20)5-1-3-4(2-6(5)18(21)22)16-8(10-12-14-16)7-9-11-13-15(3)7/h1-2H. The number of benzene rings is 1. The molecule has 14 nitrogen and oxygen atoms in total. The van der Waals surface area contributed by atoms with Gasteiger partial charge in [-0.25, -0.2) is 0 Å². The third-order valence-electron chi connectivity index (χ3n) is 3.06. The molecule has 4 aromatic rings. The van der Waals surface area contributed by atoms with Crippen LogP contribution in [0.4, 0.5) is 11.4 Å². The summed E-state index contributed by atoms with van der Waals surface area (Å²) < 4.78 is 2.36. The summed E-state index contributed by atoms with van der Waals surface area (Å²) in [6.07, 6.45) is 0. The molecule has 3 aromatic heterocycles. The van der Waals surface area contributed by atoms with E-state index in [1.165, 1.54) is 9.03 Å². The van der Waals surface area contributed by atoms with E-state index in [1.807, 2.05) is 0 Å². The van der Waals surface area contributed by atoms with Gasteiger partial charge in [0, 0.05) is 0 Å². The second-order valence-electron chi connectivity index (χ2n) is 4.17. The zero-order chi connectivity index (χ0) is 15.4. The van der Waals surface area contributed by atoms with Gasteiger partial charge in [0.05, 0.1) is 22.0 Å². The number of nitro groups is 2. The molecule has 0 aliphatic heterocycles. The summed E-state index contributed by atoms with van der Waals surface area (Å²) in [6.45, 7) is 0. The number of nitro benzene ring substituents is 2. The van der Waals surface area contributed by atoms with E-state index in [9.17, 15) is 20.2 Å². The average molecular weight is 302 g/mol. The molecular formula is C8H2N10O4. The lowest BCUT2D eigenvalue weighted by molar-refractivity contribution is -0.422. The second kappa shape index (κ2) is 3.84. The van der Waals surface area contributed by atoms with Gasteiger partial charge in [0.2, 0.25) is 11.3 Å². The molecule has 0 spiro atoms. The normalized spacial score (nSPS) is 11.5. The van der Waals surface area contributed by atoms with Crippen LogP contribution in [0.5, 0.6) is 0 Å². The van der Waals surface area contributed by atoms with Crippen molar-refractivity contribution < 1.29 is 9.85 Å². The summed E-state index contributed by atoms with van der Waals surface area (Å²) in [6, 6.07) is 2.02. The smallest absolute Gasteiger partial charge is 0.258 e. The fraction of sp³-hybridized carbons (Fsp3) is 0. The van der Waals surface area contributed by atoms with Gasteiger partial charge in [-0.1, -0.05) is 0 Å². The maximum atomic E-state index is 11.1. The molecule has 0 unspecified atom stereocenters. The number of fused-ring (bicyclic) bond motifs is 6. The lowest BCUT2D eigenvalue weighted by atomic mass is 10.2. The molecule has 0 fully saturated rings. The molecule has 0 N–H and O–H groups in total. The topological polar surface area (TPSA) is 172 Å². The van der Waals surface area contributed by atoms with E-state index in [-0.39, 0.29) is 22.3 Å². The SMILES string of the molecule is O=[N+]([O-])c1cc2c(cc1[N+](=O)[O-])n1nnnc1c1nnnn21. The monoisotopic (exact) mass is 302 g/mol. The molecule has 0 atom stereocenters. The van der Waals surface area contributed by atoms with Crippen molar-refractivity contribution in [2.75, 3.05) is 0 Å². The van der Waals surface area contributed by atoms with Gasteiger partial charge in [0.15, 0.2) is 0 Å². The molecule has 0 aliphatic carbocycles. The molecule has 108 valence electrons. The Kier molecular flexibility index (Phi) is 2.08. The maximum Gasteiger partial charge on any atom is 0.348 e. The van der Waals surface area contributed by atoms with Gasteiger partial charge in [0.1, 0.15) is 11.0 Å². The van der Waals surface area contributed by atoms with Gasteiger partial charge < -0.3 is 0 Å². The summed E-state index contributed by atoms with van der Waals surface area (Å²) in [7, 11) is 0. The number of nitrogens with zero attached hydrogens (tertiary/aromatic N) is 10. The van der Waals surface area contributed by atoms with Crippen molar-refractivity contribution in [3.05, 3.63) is 32.4 Å². The number of hydrogen-bond donors (Lipinski definition) is 0. The molecule has 3 heterocycles. The second-order valence-corrected chi connectivity index (χ2v) is 4.17. The van der Waals surface area contributed by atoms with Crippen LogP contribution in [-0.2, 0) is 0 Å². The predicted molar refractivity (Wildman–Crippen MR) is 65.9 cm³/mol. The van der Waals surface area contributed by atoms with Crippen LogP contribution in [0.3, 0.4) is 0 Å². The largest absolute Gasteiger partial charge is 0.348 e. The van der Waals surface area contributed by atoms with E-state index in [4.69, 9.17) is 0 Å². The Morgan fingerprint density at radius 2 is 1.23 bits per heavy atom. The molecule has 4 rings (SSSR count). The van der Waals surface area contributed by atoms with Crippen molar-refractivity contribution in [1.82, 2.24) is 40.1 Å². The van der Waals surface area contributed by atoms with E-state index in [2.05, 4.69) is 31.1 Å². The molecule has 0 aliphatic rings. The van der Waals surface area contributed by atoms with Crippen LogP contribution in [-0.4, -0.2) is 49.9 Å². The van der Waals surface area contributed by atoms with Gasteiger partial charge in [-0.3, -0.25) is 20.2 Å². The molecule has 0 radical (unpaired) electrons. The summed E-state index contributed by atoms with van der Waals surface area (Å²) in [5.74, 6) is 0. The van der Waals surface area contributed by atoms with Crippen molar-refractivity contribution >= 4 is 33.7 Å². The fourth-order valence-electron chi connectivity index (χ4n) is 2.16. The maximum absolute atomic E-state index is 11.1. The van der Waals surface area contributed by atoms with Gasteiger partial charge >= 0.3 is 11.4 Å². The Balaban J connectivity index is 2.31. The first-order chi connectivity index (χ1) is 10.6. The van der Waals surface area contributed by atoms with Crippen LogP contribution < -0.4 is 0 Å². The highest BCUT2D eigenvalue weighted by Gasteiger charge is 2.28. The average Bonchev–Trinajstić information content (AvgIpc) is 3.14. The highest BCUT2D eigenvalue weighted by Crippen LogP contribution is 2.32. The summed E-state index contributed by atoms with van der Waals surface area (Å²) >= 11 is 0. The van der Waals surface area contributed by atoms with Crippen molar-refractivity contribution in [2.24, 2.45) is 0 Å². The first-order valence-electron chi connectivity index (χ1n) is 5.62. The summed E-state index contributed by atoms with van der Waals surface area (Å²) in [5.41, 5.74) is -0.695. The highest BCUT2D eigenvalue weighted by atomic mass is 16.6. The van der Waals surface area contributed by atoms with Crippen LogP contribution in [0.1, 0.15) is 0 Å². The molecule has 0 bridgehead atoms. The van der Waals surface area contributed by atoms with Crippen LogP contribution in [0.25, 0.3) is 22.3 Å². The number of rotatable bonds is 2. The van der Waals surface area contributed by atoms with E-state index in [0.717, 1.165) is 12.1 Å². The first-order valence-corrected chi connectivity index (χ1v) is 5.62. The van der Waals surface area contributed by atoms with Gasteiger partial charge in [-0.2, -0.15) is 9.03 Å². The molecule has 0 saturated heterocycles. The Morgan fingerprint density at radius 3 is 1.59 bits per heavy atom. The highest BCUT2D eigenvalue weighted by molar-refractivity contribution is 5.88. The Hall–Kier alpha value is -3.84. The van der Waals surface area contributed by atoms with Crippen LogP contribution >= 0.6 is 0 Å². The van der Waals surface area contributed by atoms with Gasteiger partial charge in [-0.05, 0) is 20.9 Å². The van der Waals surface area contributed by atoms with Gasteiger partial charge in [0.25, 0.3) is 0 Å². The number of aromatic nitrogens is 8. The molecular weight excluding hydrogens is 300 g/mol.